The van der Waals surface area contributed by atoms with Crippen molar-refractivity contribution in [1.82, 2.24) is 0 Å². The minimum atomic E-state index is -2.76. The van der Waals surface area contributed by atoms with E-state index in [4.69, 9.17) is 20.9 Å². The third kappa shape index (κ3) is 13.4. The normalized spacial score (nSPS) is 12.3. The van der Waals surface area contributed by atoms with Gasteiger partial charge in [0.15, 0.2) is 0 Å². The van der Waals surface area contributed by atoms with Crippen molar-refractivity contribution in [2.24, 2.45) is 0 Å². The van der Waals surface area contributed by atoms with Gasteiger partial charge in [-0.05, 0) is 96.8 Å². The summed E-state index contributed by atoms with van der Waals surface area (Å²) < 4.78 is 13.3. The average molecular weight is 611 g/mol. The smallest absolute Gasteiger partial charge is 0.349 e. The molecule has 0 saturated heterocycles. The second-order valence-electron chi connectivity index (χ2n) is 11.1. The highest BCUT2D eigenvalue weighted by Crippen LogP contribution is 2.64. The molecule has 41 heavy (non-hydrogen) atoms. The van der Waals surface area contributed by atoms with Gasteiger partial charge in [-0.1, -0.05) is 133 Å². The van der Waals surface area contributed by atoms with Crippen LogP contribution < -0.4 is 9.05 Å². The van der Waals surface area contributed by atoms with E-state index in [1.165, 1.54) is 93.7 Å². The predicted molar refractivity (Wildman–Crippen MR) is 185 cm³/mol. The Bertz CT molecular complexity index is 1100. The van der Waals surface area contributed by atoms with Crippen molar-refractivity contribution in [3.63, 3.8) is 0 Å². The van der Waals surface area contributed by atoms with Crippen molar-refractivity contribution in [2.45, 2.75) is 116 Å². The molecule has 2 nitrogen and oxygen atoms in total. The molecule has 0 aliphatic heterocycles. The Morgan fingerprint density at radius 3 is 1.56 bits per heavy atom. The molecule has 1 unspecified atom stereocenters. The molecule has 3 aromatic rings. The lowest BCUT2D eigenvalue weighted by Crippen LogP contribution is -2.01. The number of rotatable bonds is 21. The van der Waals surface area contributed by atoms with E-state index in [1.54, 1.807) is 11.4 Å². The minimum absolute atomic E-state index is 0.152. The second-order valence-corrected chi connectivity index (χ2v) is 17.5. The molecule has 0 N–H and O–H groups in total. The van der Waals surface area contributed by atoms with Crippen LogP contribution in [0.5, 0.6) is 11.5 Å². The third-order valence-corrected chi connectivity index (χ3v) is 12.5. The molecule has 0 aliphatic carbocycles. The molecule has 0 radical (unpaired) electrons. The largest absolute Gasteiger partial charge is 0.428 e. The van der Waals surface area contributed by atoms with Gasteiger partial charge in [-0.15, -0.1) is 0 Å². The fraction of sp³-hybridized carbons (Fsp3) is 0.500. The Kier molecular flexibility index (Phi) is 16.0. The van der Waals surface area contributed by atoms with Gasteiger partial charge in [0.1, 0.15) is 11.5 Å². The fourth-order valence-corrected chi connectivity index (χ4v) is 10.5. The average Bonchev–Trinajstić information content (AvgIpc) is 2.97. The Labute approximate surface area is 260 Å². The highest BCUT2D eigenvalue weighted by Gasteiger charge is 2.28. The van der Waals surface area contributed by atoms with E-state index in [9.17, 15) is 0 Å². The molecule has 0 aromatic heterocycles. The first-order chi connectivity index (χ1) is 20.0. The van der Waals surface area contributed by atoms with E-state index in [-0.39, 0.29) is 5.25 Å². The summed E-state index contributed by atoms with van der Waals surface area (Å²) in [5.41, 5.74) is 1.08. The molecule has 0 bridgehead atoms. The van der Waals surface area contributed by atoms with Gasteiger partial charge in [0.05, 0.1) is 0 Å². The summed E-state index contributed by atoms with van der Waals surface area (Å²) in [6.07, 6.45) is 17.7. The van der Waals surface area contributed by atoms with Gasteiger partial charge >= 0.3 is 5.69 Å². The van der Waals surface area contributed by atoms with E-state index in [1.807, 2.05) is 12.1 Å². The van der Waals surface area contributed by atoms with Crippen LogP contribution in [0.1, 0.15) is 120 Å². The predicted octanol–water partition coefficient (Wildman–Crippen LogP) is 12.7. The summed E-state index contributed by atoms with van der Waals surface area (Å²) in [5, 5.41) is 0.152. The van der Waals surface area contributed by atoms with Crippen molar-refractivity contribution in [2.75, 3.05) is 0 Å². The summed E-state index contributed by atoms with van der Waals surface area (Å²) in [7, 11) is 0. The molecule has 0 saturated carbocycles. The Hall–Kier alpha value is -1.74. The summed E-state index contributed by atoms with van der Waals surface area (Å²) in [5.74, 6) is 1.63. The summed E-state index contributed by atoms with van der Waals surface area (Å²) in [4.78, 5) is 0. The zero-order chi connectivity index (χ0) is 29.2. The SMILES string of the molecule is CCCCCCCCc1cccc(OP(=S)(Oc2cccc(CCCCCCCC)c2)SC(C)c2ccccc2)c1. The topological polar surface area (TPSA) is 18.5 Å². The molecule has 0 fully saturated rings. The third-order valence-electron chi connectivity index (χ3n) is 7.43. The summed E-state index contributed by atoms with van der Waals surface area (Å²) in [6.45, 7) is 6.73. The Morgan fingerprint density at radius 1 is 0.610 bits per heavy atom. The fourth-order valence-electron chi connectivity index (χ4n) is 5.03. The molecule has 1 atom stereocenters. The van der Waals surface area contributed by atoms with E-state index in [2.05, 4.69) is 87.5 Å². The van der Waals surface area contributed by atoms with Gasteiger partial charge in [0, 0.05) is 5.25 Å². The number of benzene rings is 3. The van der Waals surface area contributed by atoms with Gasteiger partial charge in [-0.3, -0.25) is 0 Å². The zero-order valence-electron chi connectivity index (χ0n) is 25.6. The molecule has 224 valence electrons. The molecular weight excluding hydrogens is 560 g/mol. The van der Waals surface area contributed by atoms with E-state index < -0.39 is 5.69 Å². The van der Waals surface area contributed by atoms with Crippen LogP contribution >= 0.6 is 17.1 Å². The molecule has 0 amide bonds. The maximum Gasteiger partial charge on any atom is 0.349 e. The maximum atomic E-state index is 6.64. The molecule has 0 spiro atoms. The quantitative estimate of drug-likeness (QED) is 0.0882. The van der Waals surface area contributed by atoms with Gasteiger partial charge < -0.3 is 9.05 Å². The van der Waals surface area contributed by atoms with Gasteiger partial charge in [0.2, 0.25) is 0 Å². The van der Waals surface area contributed by atoms with Crippen LogP contribution in [0.4, 0.5) is 0 Å². The molecule has 0 heterocycles. The van der Waals surface area contributed by atoms with Crippen molar-refractivity contribution in [3.05, 3.63) is 95.6 Å². The molecule has 3 aromatic carbocycles. The minimum Gasteiger partial charge on any atom is -0.428 e. The highest BCUT2D eigenvalue weighted by molar-refractivity contribution is 8.68. The maximum absolute atomic E-state index is 6.64. The number of aryl methyl sites for hydroxylation is 2. The van der Waals surface area contributed by atoms with Crippen LogP contribution in [0.25, 0.3) is 0 Å². The van der Waals surface area contributed by atoms with Crippen LogP contribution in [0.15, 0.2) is 78.9 Å². The van der Waals surface area contributed by atoms with Crippen LogP contribution in [0.2, 0.25) is 0 Å². The monoisotopic (exact) mass is 610 g/mol. The van der Waals surface area contributed by atoms with Gasteiger partial charge in [-0.25, -0.2) is 0 Å². The summed E-state index contributed by atoms with van der Waals surface area (Å²) in [6, 6.07) is 27.5. The number of unbranched alkanes of at least 4 members (excludes halogenated alkanes) is 10. The first kappa shape index (κ1) is 33.8. The van der Waals surface area contributed by atoms with E-state index in [0.717, 1.165) is 24.3 Å². The lowest BCUT2D eigenvalue weighted by Gasteiger charge is -2.26. The lowest BCUT2D eigenvalue weighted by atomic mass is 10.0. The zero-order valence-corrected chi connectivity index (χ0v) is 28.1. The molecular formula is C36H51O2PS2. The van der Waals surface area contributed by atoms with Crippen LogP contribution in [-0.2, 0) is 24.6 Å². The second kappa shape index (κ2) is 19.4. The molecule has 0 aliphatic rings. The van der Waals surface area contributed by atoms with Crippen molar-refractivity contribution in [3.8, 4) is 11.5 Å². The number of hydrogen-bond acceptors (Lipinski definition) is 4. The first-order valence-corrected chi connectivity index (χ1v) is 20.0. The number of hydrogen-bond donors (Lipinski definition) is 0. The Morgan fingerprint density at radius 2 is 1.07 bits per heavy atom. The van der Waals surface area contributed by atoms with E-state index >= 15 is 0 Å². The standard InChI is InChI=1S/C36H51O2PS2/c1-4-6-8-10-12-15-21-32-23-19-27-35(29-32)37-39(40,41-31(3)34-25-17-14-18-26-34)38-36-28-20-24-33(30-36)22-16-13-11-9-7-5-2/h14,17-20,23-31H,4-13,15-16,21-22H2,1-3H3. The van der Waals surface area contributed by atoms with E-state index in [0.29, 0.717) is 0 Å². The van der Waals surface area contributed by atoms with Crippen LogP contribution in [0, 0.1) is 0 Å². The molecule has 3 rings (SSSR count). The lowest BCUT2D eigenvalue weighted by molar-refractivity contribution is 0.505. The molecule has 5 heteroatoms. The first-order valence-electron chi connectivity index (χ1n) is 15.9. The summed E-state index contributed by atoms with van der Waals surface area (Å²) >= 11 is 7.89. The Balaban J connectivity index is 1.69. The van der Waals surface area contributed by atoms with Crippen LogP contribution in [-0.4, -0.2) is 0 Å². The highest BCUT2D eigenvalue weighted by atomic mass is 32.9. The van der Waals surface area contributed by atoms with Crippen LogP contribution in [0.3, 0.4) is 0 Å². The van der Waals surface area contributed by atoms with Gasteiger partial charge in [0.25, 0.3) is 0 Å². The van der Waals surface area contributed by atoms with Crippen molar-refractivity contribution < 1.29 is 9.05 Å². The van der Waals surface area contributed by atoms with Crippen molar-refractivity contribution in [1.29, 1.82) is 0 Å². The van der Waals surface area contributed by atoms with Gasteiger partial charge in [-0.2, -0.15) is 0 Å². The van der Waals surface area contributed by atoms with Crippen molar-refractivity contribution >= 4 is 28.9 Å².